The summed E-state index contributed by atoms with van der Waals surface area (Å²) in [5.74, 6) is -0.282. The van der Waals surface area contributed by atoms with Gasteiger partial charge in [0.05, 0.1) is 6.04 Å². The normalized spacial score (nSPS) is 20.8. The number of ether oxygens (including phenoxy) is 1. The molecule has 3 aliphatic rings. The van der Waals surface area contributed by atoms with Gasteiger partial charge in [0, 0.05) is 6.92 Å². The average molecular weight is 295 g/mol. The SMILES string of the molecule is CC(=O)N1C(=O)O[C@@H](c2ccccc2)[C@H]1C.c1cc2cc-2c1. The second-order valence-electron chi connectivity index (χ2n) is 5.43. The number of fused-ring (bicyclic) bond motifs is 1. The summed E-state index contributed by atoms with van der Waals surface area (Å²) in [6.45, 7) is 3.18. The molecule has 0 radical (unpaired) electrons. The number of cyclic esters (lactones) is 1. The van der Waals surface area contributed by atoms with Crippen LogP contribution in [0.3, 0.4) is 0 Å². The third-order valence-corrected chi connectivity index (χ3v) is 3.85. The van der Waals surface area contributed by atoms with Gasteiger partial charge in [0.2, 0.25) is 5.91 Å². The zero-order chi connectivity index (χ0) is 15.7. The van der Waals surface area contributed by atoms with Gasteiger partial charge in [-0.05, 0) is 29.7 Å². The van der Waals surface area contributed by atoms with Crippen molar-refractivity contribution in [3.05, 3.63) is 60.2 Å². The van der Waals surface area contributed by atoms with Crippen molar-refractivity contribution < 1.29 is 14.3 Å². The zero-order valence-electron chi connectivity index (χ0n) is 12.5. The third kappa shape index (κ3) is 2.72. The monoisotopic (exact) mass is 295 g/mol. The standard InChI is InChI=1S/C12H13NO3.C6H4/c1-8-11(10-6-4-3-5-7-10)16-12(15)13(8)9(2)14;1-2-5-4-6(5)3-1/h3-8,11H,1-2H3;1-4H/t8-,11-;/m1./s1. The summed E-state index contributed by atoms with van der Waals surface area (Å²) in [4.78, 5) is 23.9. The van der Waals surface area contributed by atoms with Crippen LogP contribution in [0.2, 0.25) is 0 Å². The second-order valence-corrected chi connectivity index (χ2v) is 5.43. The van der Waals surface area contributed by atoms with Crippen LogP contribution >= 0.6 is 0 Å². The number of hydrogen-bond donors (Lipinski definition) is 0. The number of amides is 2. The molecule has 4 nitrogen and oxygen atoms in total. The summed E-state index contributed by atoms with van der Waals surface area (Å²) in [5, 5.41) is 0. The Kier molecular flexibility index (Phi) is 3.67. The van der Waals surface area contributed by atoms with E-state index in [4.69, 9.17) is 4.74 Å². The first-order valence-electron chi connectivity index (χ1n) is 7.23. The number of hydrogen-bond acceptors (Lipinski definition) is 3. The van der Waals surface area contributed by atoms with E-state index in [1.165, 1.54) is 18.1 Å². The highest BCUT2D eigenvalue weighted by molar-refractivity contribution is 5.92. The quantitative estimate of drug-likeness (QED) is 0.686. The van der Waals surface area contributed by atoms with Crippen molar-refractivity contribution in [2.75, 3.05) is 0 Å². The fourth-order valence-corrected chi connectivity index (χ4v) is 2.65. The van der Waals surface area contributed by atoms with Gasteiger partial charge in [-0.2, -0.15) is 0 Å². The van der Waals surface area contributed by atoms with Gasteiger partial charge < -0.3 is 4.74 Å². The van der Waals surface area contributed by atoms with Gasteiger partial charge in [-0.1, -0.05) is 48.5 Å². The van der Waals surface area contributed by atoms with E-state index in [1.54, 1.807) is 0 Å². The first-order valence-corrected chi connectivity index (χ1v) is 7.23. The lowest BCUT2D eigenvalue weighted by molar-refractivity contribution is -0.126. The molecule has 1 aromatic carbocycles. The lowest BCUT2D eigenvalue weighted by atomic mass is 10.0. The lowest BCUT2D eigenvalue weighted by Gasteiger charge is -2.17. The highest BCUT2D eigenvalue weighted by Crippen LogP contribution is 2.33. The molecule has 1 aromatic rings. The number of carbonyl (C=O) groups is 2. The zero-order valence-corrected chi connectivity index (χ0v) is 12.5. The molecule has 22 heavy (non-hydrogen) atoms. The molecule has 2 amide bonds. The Morgan fingerprint density at radius 3 is 2.09 bits per heavy atom. The first-order chi connectivity index (χ1) is 10.6. The molecule has 1 fully saturated rings. The number of rotatable bonds is 1. The molecule has 4 heteroatoms. The minimum atomic E-state index is -0.561. The van der Waals surface area contributed by atoms with Crippen LogP contribution in [0.1, 0.15) is 25.5 Å². The van der Waals surface area contributed by atoms with Gasteiger partial charge in [0.1, 0.15) is 6.10 Å². The van der Waals surface area contributed by atoms with Crippen LogP contribution in [0, 0.1) is 0 Å². The predicted octanol–water partition coefficient (Wildman–Crippen LogP) is 3.78. The molecule has 4 rings (SSSR count). The van der Waals surface area contributed by atoms with Crippen LogP contribution in [-0.2, 0) is 9.53 Å². The van der Waals surface area contributed by atoms with E-state index in [9.17, 15) is 9.59 Å². The topological polar surface area (TPSA) is 46.6 Å². The molecule has 0 N–H and O–H groups in total. The third-order valence-electron chi connectivity index (χ3n) is 3.85. The summed E-state index contributed by atoms with van der Waals surface area (Å²) in [6.07, 6.45) is -0.925. The molecule has 0 bridgehead atoms. The van der Waals surface area contributed by atoms with Crippen molar-refractivity contribution in [2.45, 2.75) is 26.0 Å². The van der Waals surface area contributed by atoms with Crippen LogP contribution in [-0.4, -0.2) is 22.9 Å². The van der Waals surface area contributed by atoms with Gasteiger partial charge in [0.15, 0.2) is 0 Å². The van der Waals surface area contributed by atoms with Crippen LogP contribution < -0.4 is 0 Å². The molecular formula is C18H17NO3. The van der Waals surface area contributed by atoms with Crippen molar-refractivity contribution in [3.63, 3.8) is 0 Å². The molecular weight excluding hydrogens is 278 g/mol. The summed E-state index contributed by atoms with van der Waals surface area (Å²) < 4.78 is 5.20. The molecule has 112 valence electrons. The first kappa shape index (κ1) is 14.3. The Balaban J connectivity index is 0.000000196. The van der Waals surface area contributed by atoms with Gasteiger partial charge in [-0.25, -0.2) is 9.69 Å². The molecule has 1 heterocycles. The van der Waals surface area contributed by atoms with Gasteiger partial charge in [-0.15, -0.1) is 0 Å². The molecule has 1 saturated heterocycles. The largest absolute Gasteiger partial charge is 0.439 e. The molecule has 0 spiro atoms. The molecule has 0 aromatic heterocycles. The summed E-state index contributed by atoms with van der Waals surface area (Å²) >= 11 is 0. The Bertz CT molecular complexity index is 694. The van der Waals surface area contributed by atoms with E-state index in [2.05, 4.69) is 24.3 Å². The van der Waals surface area contributed by atoms with Crippen LogP contribution in [0.25, 0.3) is 11.1 Å². The van der Waals surface area contributed by atoms with Crippen molar-refractivity contribution >= 4 is 12.0 Å². The van der Waals surface area contributed by atoms with E-state index >= 15 is 0 Å². The van der Waals surface area contributed by atoms with Crippen molar-refractivity contribution in [3.8, 4) is 11.1 Å². The molecule has 2 aliphatic carbocycles. The number of nitrogens with zero attached hydrogens (tertiary/aromatic N) is 1. The highest BCUT2D eigenvalue weighted by Gasteiger charge is 2.41. The van der Waals surface area contributed by atoms with E-state index < -0.39 is 6.09 Å². The molecule has 1 aliphatic heterocycles. The maximum Gasteiger partial charge on any atom is 0.417 e. The minimum Gasteiger partial charge on any atom is -0.439 e. The summed E-state index contributed by atoms with van der Waals surface area (Å²) in [7, 11) is 0. The summed E-state index contributed by atoms with van der Waals surface area (Å²) in [6, 6.07) is 17.7. The average Bonchev–Trinajstić information content (AvgIpc) is 2.97. The van der Waals surface area contributed by atoms with Crippen molar-refractivity contribution in [1.29, 1.82) is 0 Å². The van der Waals surface area contributed by atoms with Gasteiger partial charge in [0.25, 0.3) is 0 Å². The molecule has 0 saturated carbocycles. The molecule has 2 atom stereocenters. The minimum absolute atomic E-state index is 0.257. The number of carbonyl (C=O) groups excluding carboxylic acids is 2. The second kappa shape index (κ2) is 5.64. The van der Waals surface area contributed by atoms with E-state index in [0.29, 0.717) is 0 Å². The fraction of sp³-hybridized carbons (Fsp3) is 0.222. The van der Waals surface area contributed by atoms with E-state index in [1.807, 2.05) is 37.3 Å². The van der Waals surface area contributed by atoms with Crippen molar-refractivity contribution in [1.82, 2.24) is 4.90 Å². The Labute approximate surface area is 129 Å². The molecule has 0 unspecified atom stereocenters. The van der Waals surface area contributed by atoms with Gasteiger partial charge >= 0.3 is 6.09 Å². The smallest absolute Gasteiger partial charge is 0.417 e. The van der Waals surface area contributed by atoms with Crippen LogP contribution in [0.4, 0.5) is 4.79 Å². The Hall–Kier alpha value is -2.62. The lowest BCUT2D eigenvalue weighted by Crippen LogP contribution is -2.35. The fourth-order valence-electron chi connectivity index (χ4n) is 2.65. The number of benzene rings is 2. The Morgan fingerprint density at radius 2 is 1.68 bits per heavy atom. The Morgan fingerprint density at radius 1 is 1.05 bits per heavy atom. The summed E-state index contributed by atoms with van der Waals surface area (Å²) in [5.41, 5.74) is 3.76. The van der Waals surface area contributed by atoms with Crippen LogP contribution in [0.5, 0.6) is 0 Å². The number of imide groups is 1. The van der Waals surface area contributed by atoms with E-state index in [0.717, 1.165) is 10.5 Å². The maximum absolute atomic E-state index is 11.5. The predicted molar refractivity (Wildman–Crippen MR) is 83.1 cm³/mol. The van der Waals surface area contributed by atoms with Crippen LogP contribution in [0.15, 0.2) is 54.6 Å². The van der Waals surface area contributed by atoms with Gasteiger partial charge in [-0.3, -0.25) is 4.79 Å². The van der Waals surface area contributed by atoms with E-state index in [-0.39, 0.29) is 18.1 Å². The highest BCUT2D eigenvalue weighted by atomic mass is 16.6. The maximum atomic E-state index is 11.5. The van der Waals surface area contributed by atoms with Crippen molar-refractivity contribution in [2.24, 2.45) is 0 Å².